The molecule has 30 heavy (non-hydrogen) atoms. The fraction of sp³-hybridized carbons (Fsp3) is 0.273. The highest BCUT2D eigenvalue weighted by molar-refractivity contribution is 7.09. The maximum atomic E-state index is 14.4. The van der Waals surface area contributed by atoms with Crippen LogP contribution in [0, 0.1) is 12.7 Å². The standard InChI is InChI=1S/C22H21ClFN3O2S/c1-14-3-4-15(11-17(14)24)22(20-25-8-10-30-20)7-9-27(13-22)21(28)26-18-12-16(23)5-6-19(18)29-2/h3-6,8,10-12H,7,9,13H2,1-2H3,(H,26,28). The van der Waals surface area contributed by atoms with E-state index in [1.165, 1.54) is 18.4 Å². The molecule has 1 saturated heterocycles. The number of urea groups is 1. The zero-order chi connectivity index (χ0) is 21.3. The Labute approximate surface area is 183 Å². The number of amides is 2. The van der Waals surface area contributed by atoms with Crippen LogP contribution >= 0.6 is 22.9 Å². The van der Waals surface area contributed by atoms with E-state index in [-0.39, 0.29) is 11.8 Å². The summed E-state index contributed by atoms with van der Waals surface area (Å²) in [6, 6.07) is 10.1. The molecule has 2 aromatic carbocycles. The van der Waals surface area contributed by atoms with Crippen LogP contribution in [0.5, 0.6) is 5.75 Å². The Hall–Kier alpha value is -2.64. The van der Waals surface area contributed by atoms with Crippen molar-refractivity contribution in [1.29, 1.82) is 0 Å². The number of methoxy groups -OCH3 is 1. The topological polar surface area (TPSA) is 54.5 Å². The summed E-state index contributed by atoms with van der Waals surface area (Å²) in [6.07, 6.45) is 2.40. The van der Waals surface area contributed by atoms with Crippen LogP contribution in [0.2, 0.25) is 5.02 Å². The summed E-state index contributed by atoms with van der Waals surface area (Å²) in [6.45, 7) is 2.66. The third-order valence-electron chi connectivity index (χ3n) is 5.53. The van der Waals surface area contributed by atoms with Crippen LogP contribution in [0.15, 0.2) is 48.0 Å². The predicted octanol–water partition coefficient (Wildman–Crippen LogP) is 5.48. The van der Waals surface area contributed by atoms with Crippen molar-refractivity contribution in [1.82, 2.24) is 9.88 Å². The molecule has 0 bridgehead atoms. The van der Waals surface area contributed by atoms with Crippen LogP contribution in [-0.4, -0.2) is 36.1 Å². The lowest BCUT2D eigenvalue weighted by atomic mass is 9.80. The van der Waals surface area contributed by atoms with Gasteiger partial charge in [-0.2, -0.15) is 0 Å². The number of likely N-dealkylation sites (tertiary alicyclic amines) is 1. The molecule has 3 aromatic rings. The smallest absolute Gasteiger partial charge is 0.321 e. The minimum atomic E-state index is -0.543. The molecule has 156 valence electrons. The summed E-state index contributed by atoms with van der Waals surface area (Å²) in [5, 5.41) is 6.17. The largest absolute Gasteiger partial charge is 0.495 e. The molecule has 1 N–H and O–H groups in total. The number of hydrogen-bond donors (Lipinski definition) is 1. The van der Waals surface area contributed by atoms with Crippen LogP contribution in [0.1, 0.15) is 22.6 Å². The van der Waals surface area contributed by atoms with Gasteiger partial charge in [0, 0.05) is 29.7 Å². The van der Waals surface area contributed by atoms with Gasteiger partial charge in [0.15, 0.2) is 0 Å². The van der Waals surface area contributed by atoms with Crippen LogP contribution in [0.3, 0.4) is 0 Å². The van der Waals surface area contributed by atoms with Gasteiger partial charge in [-0.05, 0) is 48.7 Å². The van der Waals surface area contributed by atoms with E-state index >= 15 is 0 Å². The second-order valence-electron chi connectivity index (χ2n) is 7.33. The first-order valence-corrected chi connectivity index (χ1v) is 10.7. The Kier molecular flexibility index (Phi) is 5.66. The molecule has 5 nitrogen and oxygen atoms in total. The number of carbonyl (C=O) groups excluding carboxylic acids is 1. The van der Waals surface area contributed by atoms with Crippen molar-refractivity contribution in [3.63, 3.8) is 0 Å². The Morgan fingerprint density at radius 2 is 2.17 bits per heavy atom. The second-order valence-corrected chi connectivity index (χ2v) is 8.66. The second kappa shape index (κ2) is 8.24. The summed E-state index contributed by atoms with van der Waals surface area (Å²) in [5.41, 5.74) is 1.38. The Morgan fingerprint density at radius 3 is 2.87 bits per heavy atom. The van der Waals surface area contributed by atoms with E-state index in [4.69, 9.17) is 16.3 Å². The highest BCUT2D eigenvalue weighted by atomic mass is 35.5. The number of hydrogen-bond acceptors (Lipinski definition) is 4. The number of halogens is 2. The molecule has 0 spiro atoms. The molecule has 0 aliphatic carbocycles. The average molecular weight is 446 g/mol. The highest BCUT2D eigenvalue weighted by Crippen LogP contribution is 2.42. The van der Waals surface area contributed by atoms with Gasteiger partial charge in [0.1, 0.15) is 16.6 Å². The zero-order valence-corrected chi connectivity index (χ0v) is 18.2. The molecular weight excluding hydrogens is 425 g/mol. The summed E-state index contributed by atoms with van der Waals surface area (Å²) < 4.78 is 19.7. The Balaban J connectivity index is 1.63. The lowest BCUT2D eigenvalue weighted by Gasteiger charge is -2.28. The number of rotatable bonds is 4. The van der Waals surface area contributed by atoms with Gasteiger partial charge in [-0.25, -0.2) is 14.2 Å². The zero-order valence-electron chi connectivity index (χ0n) is 16.6. The maximum absolute atomic E-state index is 14.4. The van der Waals surface area contributed by atoms with E-state index in [2.05, 4.69) is 10.3 Å². The van der Waals surface area contributed by atoms with E-state index in [1.54, 1.807) is 48.4 Å². The molecule has 1 aromatic heterocycles. The number of carbonyl (C=O) groups is 1. The molecule has 1 unspecified atom stereocenters. The lowest BCUT2D eigenvalue weighted by Crippen LogP contribution is -2.37. The average Bonchev–Trinajstić information content (AvgIpc) is 3.41. The number of ether oxygens (including phenoxy) is 1. The monoisotopic (exact) mass is 445 g/mol. The van der Waals surface area contributed by atoms with Crippen molar-refractivity contribution >= 4 is 34.7 Å². The van der Waals surface area contributed by atoms with Gasteiger partial charge < -0.3 is 15.0 Å². The predicted molar refractivity (Wildman–Crippen MR) is 117 cm³/mol. The minimum Gasteiger partial charge on any atom is -0.495 e. The molecule has 1 fully saturated rings. The van der Waals surface area contributed by atoms with Gasteiger partial charge in [0.2, 0.25) is 0 Å². The Bertz CT molecular complexity index is 1080. The van der Waals surface area contributed by atoms with Crippen LogP contribution in [-0.2, 0) is 5.41 Å². The normalized spacial score (nSPS) is 18.5. The third-order valence-corrected chi connectivity index (χ3v) is 6.74. The van der Waals surface area contributed by atoms with E-state index < -0.39 is 5.41 Å². The molecule has 1 aliphatic heterocycles. The van der Waals surface area contributed by atoms with Crippen molar-refractivity contribution in [2.24, 2.45) is 0 Å². The van der Waals surface area contributed by atoms with E-state index in [0.29, 0.717) is 41.5 Å². The van der Waals surface area contributed by atoms with Crippen molar-refractivity contribution in [2.45, 2.75) is 18.8 Å². The first-order chi connectivity index (χ1) is 14.4. The van der Waals surface area contributed by atoms with E-state index in [9.17, 15) is 9.18 Å². The molecule has 1 atom stereocenters. The maximum Gasteiger partial charge on any atom is 0.321 e. The molecule has 2 amide bonds. The number of thiazole rings is 1. The first kappa shape index (κ1) is 20.6. The number of aromatic nitrogens is 1. The van der Waals surface area contributed by atoms with Crippen LogP contribution < -0.4 is 10.1 Å². The minimum absolute atomic E-state index is 0.255. The molecule has 1 aliphatic rings. The van der Waals surface area contributed by atoms with Crippen LogP contribution in [0.25, 0.3) is 0 Å². The summed E-state index contributed by atoms with van der Waals surface area (Å²) in [5.74, 6) is 0.272. The van der Waals surface area contributed by atoms with Crippen molar-refractivity contribution in [3.8, 4) is 5.75 Å². The van der Waals surface area contributed by atoms with Crippen molar-refractivity contribution < 1.29 is 13.9 Å². The number of anilines is 1. The van der Waals surface area contributed by atoms with Gasteiger partial charge in [-0.15, -0.1) is 11.3 Å². The SMILES string of the molecule is COc1ccc(Cl)cc1NC(=O)N1CCC(c2ccc(C)c(F)c2)(c2nccs2)C1. The first-order valence-electron chi connectivity index (χ1n) is 9.49. The van der Waals surface area contributed by atoms with Gasteiger partial charge in [0.05, 0.1) is 18.2 Å². The number of aryl methyl sites for hydroxylation is 1. The Morgan fingerprint density at radius 1 is 1.33 bits per heavy atom. The molecule has 8 heteroatoms. The number of nitrogens with zero attached hydrogens (tertiary/aromatic N) is 2. The van der Waals surface area contributed by atoms with Crippen molar-refractivity contribution in [3.05, 3.63) is 74.9 Å². The third kappa shape index (κ3) is 3.75. The molecule has 0 saturated carbocycles. The summed E-state index contributed by atoms with van der Waals surface area (Å²) in [7, 11) is 1.54. The number of nitrogens with one attached hydrogen (secondary N) is 1. The van der Waals surface area contributed by atoms with Crippen molar-refractivity contribution in [2.75, 3.05) is 25.5 Å². The molecule has 4 rings (SSSR count). The van der Waals surface area contributed by atoms with Gasteiger partial charge in [0.25, 0.3) is 0 Å². The fourth-order valence-electron chi connectivity index (χ4n) is 3.84. The molecule has 2 heterocycles. The van der Waals surface area contributed by atoms with E-state index in [1.807, 2.05) is 11.4 Å². The molecule has 0 radical (unpaired) electrons. The lowest BCUT2D eigenvalue weighted by molar-refractivity contribution is 0.220. The number of benzene rings is 2. The van der Waals surface area contributed by atoms with E-state index in [0.717, 1.165) is 10.6 Å². The van der Waals surface area contributed by atoms with Gasteiger partial charge in [-0.1, -0.05) is 23.7 Å². The molecular formula is C22H21ClFN3O2S. The van der Waals surface area contributed by atoms with Gasteiger partial charge >= 0.3 is 6.03 Å². The van der Waals surface area contributed by atoms with Gasteiger partial charge in [-0.3, -0.25) is 0 Å². The summed E-state index contributed by atoms with van der Waals surface area (Å²) in [4.78, 5) is 19.3. The fourth-order valence-corrected chi connectivity index (χ4v) is 4.89. The van der Waals surface area contributed by atoms with Crippen LogP contribution in [0.4, 0.5) is 14.9 Å². The highest BCUT2D eigenvalue weighted by Gasteiger charge is 2.45. The quantitative estimate of drug-likeness (QED) is 0.578. The summed E-state index contributed by atoms with van der Waals surface area (Å²) >= 11 is 7.59.